The maximum atomic E-state index is 13.6. The number of rotatable bonds is 2. The van der Waals surface area contributed by atoms with Gasteiger partial charge in [0.05, 0.1) is 5.69 Å². The van der Waals surface area contributed by atoms with Crippen molar-refractivity contribution in [2.45, 2.75) is 0 Å². The van der Waals surface area contributed by atoms with Gasteiger partial charge in [0.25, 0.3) is 11.5 Å². The van der Waals surface area contributed by atoms with E-state index in [0.717, 1.165) is 0 Å². The van der Waals surface area contributed by atoms with Crippen LogP contribution < -0.4 is 10.9 Å². The molecule has 5 nitrogen and oxygen atoms in total. The average Bonchev–Trinajstić information content (AvgIpc) is 2.53. The van der Waals surface area contributed by atoms with E-state index in [9.17, 15) is 14.0 Å². The predicted molar refractivity (Wildman–Crippen MR) is 81.3 cm³/mol. The molecule has 0 unspecified atom stereocenters. The van der Waals surface area contributed by atoms with Gasteiger partial charge in [-0.2, -0.15) is 0 Å². The minimum absolute atomic E-state index is 0.0286. The van der Waals surface area contributed by atoms with Gasteiger partial charge in [0.2, 0.25) is 0 Å². The van der Waals surface area contributed by atoms with E-state index >= 15 is 0 Å². The minimum Gasteiger partial charge on any atom is -0.319 e. The van der Waals surface area contributed by atoms with E-state index in [1.54, 1.807) is 24.4 Å². The van der Waals surface area contributed by atoms with Gasteiger partial charge < -0.3 is 5.32 Å². The van der Waals surface area contributed by atoms with Crippen LogP contribution in [0, 0.1) is 5.82 Å². The van der Waals surface area contributed by atoms with Gasteiger partial charge in [-0.05, 0) is 30.3 Å². The lowest BCUT2D eigenvalue weighted by Crippen LogP contribution is -2.28. The monoisotopic (exact) mass is 297 g/mol. The highest BCUT2D eigenvalue weighted by molar-refractivity contribution is 6.05. The Balaban J connectivity index is 2.07. The molecule has 1 N–H and O–H groups in total. The zero-order valence-electron chi connectivity index (χ0n) is 11.7. The lowest BCUT2D eigenvalue weighted by molar-refractivity contribution is 0.102. The largest absolute Gasteiger partial charge is 0.319 e. The number of aryl methyl sites for hydroxylation is 1. The molecule has 0 spiro atoms. The van der Waals surface area contributed by atoms with Gasteiger partial charge in [-0.25, -0.2) is 9.37 Å². The molecule has 0 saturated heterocycles. The highest BCUT2D eigenvalue weighted by atomic mass is 19.1. The van der Waals surface area contributed by atoms with E-state index in [2.05, 4.69) is 10.3 Å². The van der Waals surface area contributed by atoms with Crippen molar-refractivity contribution in [3.05, 3.63) is 70.4 Å². The standard InChI is InChI=1S/C16H12FN3O2/c1-20-14-10(5-4-8-18-14)9-11(16(20)22)15(21)19-13-7-3-2-6-12(13)17/h2-9H,1H3,(H,19,21). The quantitative estimate of drug-likeness (QED) is 0.789. The first-order valence-electron chi connectivity index (χ1n) is 6.58. The van der Waals surface area contributed by atoms with Crippen molar-refractivity contribution >= 4 is 22.6 Å². The molecule has 22 heavy (non-hydrogen) atoms. The summed E-state index contributed by atoms with van der Waals surface area (Å²) in [6, 6.07) is 10.7. The summed E-state index contributed by atoms with van der Waals surface area (Å²) in [5.41, 5.74) is -0.0397. The number of pyridine rings is 2. The molecule has 1 amide bonds. The minimum atomic E-state index is -0.656. The van der Waals surface area contributed by atoms with Crippen molar-refractivity contribution in [2.75, 3.05) is 5.32 Å². The number of benzene rings is 1. The summed E-state index contributed by atoms with van der Waals surface area (Å²) in [4.78, 5) is 28.7. The van der Waals surface area contributed by atoms with Crippen molar-refractivity contribution in [3.8, 4) is 0 Å². The Morgan fingerprint density at radius 2 is 2.00 bits per heavy atom. The third-order valence-electron chi connectivity index (χ3n) is 3.34. The fraction of sp³-hybridized carbons (Fsp3) is 0.0625. The molecule has 0 radical (unpaired) electrons. The number of hydrogen-bond acceptors (Lipinski definition) is 3. The topological polar surface area (TPSA) is 64.0 Å². The van der Waals surface area contributed by atoms with Crippen LogP contribution in [-0.2, 0) is 7.05 Å². The lowest BCUT2D eigenvalue weighted by Gasteiger charge is -2.09. The second-order valence-corrected chi connectivity index (χ2v) is 4.77. The van der Waals surface area contributed by atoms with Crippen molar-refractivity contribution in [3.63, 3.8) is 0 Å². The van der Waals surface area contributed by atoms with Gasteiger partial charge in [0.1, 0.15) is 17.0 Å². The van der Waals surface area contributed by atoms with Gasteiger partial charge >= 0.3 is 0 Å². The van der Waals surface area contributed by atoms with Gasteiger partial charge in [0, 0.05) is 18.6 Å². The Labute approximate surface area is 125 Å². The second kappa shape index (κ2) is 5.40. The summed E-state index contributed by atoms with van der Waals surface area (Å²) in [6.45, 7) is 0. The third-order valence-corrected chi connectivity index (χ3v) is 3.34. The van der Waals surface area contributed by atoms with E-state index in [1.807, 2.05) is 0 Å². The molecule has 1 aromatic carbocycles. The molecule has 2 heterocycles. The van der Waals surface area contributed by atoms with Crippen LogP contribution in [0.3, 0.4) is 0 Å². The number of fused-ring (bicyclic) bond motifs is 1. The number of anilines is 1. The number of aromatic nitrogens is 2. The fourth-order valence-corrected chi connectivity index (χ4v) is 2.21. The van der Waals surface area contributed by atoms with Gasteiger partial charge in [-0.3, -0.25) is 14.2 Å². The van der Waals surface area contributed by atoms with E-state index in [4.69, 9.17) is 0 Å². The molecule has 110 valence electrons. The van der Waals surface area contributed by atoms with Crippen molar-refractivity contribution in [1.29, 1.82) is 0 Å². The van der Waals surface area contributed by atoms with Crippen molar-refractivity contribution < 1.29 is 9.18 Å². The molecular weight excluding hydrogens is 285 g/mol. The molecule has 2 aromatic heterocycles. The normalized spacial score (nSPS) is 10.6. The first kappa shape index (κ1) is 13.9. The molecule has 0 aliphatic carbocycles. The molecule has 0 aliphatic rings. The van der Waals surface area contributed by atoms with Crippen molar-refractivity contribution in [1.82, 2.24) is 9.55 Å². The molecule has 3 aromatic rings. The van der Waals surface area contributed by atoms with Gasteiger partial charge in [-0.15, -0.1) is 0 Å². The second-order valence-electron chi connectivity index (χ2n) is 4.77. The molecular formula is C16H12FN3O2. The summed E-state index contributed by atoms with van der Waals surface area (Å²) in [5.74, 6) is -1.22. The highest BCUT2D eigenvalue weighted by Crippen LogP contribution is 2.15. The number of amides is 1. The van der Waals surface area contributed by atoms with Crippen molar-refractivity contribution in [2.24, 2.45) is 7.05 Å². The average molecular weight is 297 g/mol. The first-order valence-corrected chi connectivity index (χ1v) is 6.58. The zero-order chi connectivity index (χ0) is 15.7. The molecule has 0 saturated carbocycles. The number of nitrogens with zero attached hydrogens (tertiary/aromatic N) is 2. The zero-order valence-corrected chi connectivity index (χ0v) is 11.7. The van der Waals surface area contributed by atoms with E-state index in [0.29, 0.717) is 11.0 Å². The molecule has 0 bridgehead atoms. The summed E-state index contributed by atoms with van der Waals surface area (Å²) >= 11 is 0. The summed E-state index contributed by atoms with van der Waals surface area (Å²) in [7, 11) is 1.54. The number of para-hydroxylation sites is 1. The maximum absolute atomic E-state index is 13.6. The molecule has 3 rings (SSSR count). The van der Waals surface area contributed by atoms with Crippen LogP contribution in [0.5, 0.6) is 0 Å². The SMILES string of the molecule is Cn1c(=O)c(C(=O)Nc2ccccc2F)cc2cccnc21. The molecule has 0 fully saturated rings. The Morgan fingerprint density at radius 3 is 2.77 bits per heavy atom. The molecule has 0 atom stereocenters. The van der Waals surface area contributed by atoms with E-state index < -0.39 is 17.3 Å². The third kappa shape index (κ3) is 2.35. The summed E-state index contributed by atoms with van der Waals surface area (Å²) < 4.78 is 14.9. The molecule has 6 heteroatoms. The van der Waals surface area contributed by atoms with Crippen LogP contribution in [0.1, 0.15) is 10.4 Å². The fourth-order valence-electron chi connectivity index (χ4n) is 2.21. The van der Waals surface area contributed by atoms with Crippen LogP contribution >= 0.6 is 0 Å². The highest BCUT2D eigenvalue weighted by Gasteiger charge is 2.15. The van der Waals surface area contributed by atoms with Gasteiger partial charge in [-0.1, -0.05) is 12.1 Å². The van der Waals surface area contributed by atoms with Crippen LogP contribution in [0.25, 0.3) is 11.0 Å². The number of hydrogen-bond donors (Lipinski definition) is 1. The smallest absolute Gasteiger partial charge is 0.264 e. The van der Waals surface area contributed by atoms with Crippen LogP contribution in [0.2, 0.25) is 0 Å². The lowest BCUT2D eigenvalue weighted by atomic mass is 10.2. The summed E-state index contributed by atoms with van der Waals surface area (Å²) in [5, 5.41) is 3.07. The number of nitrogens with one attached hydrogen (secondary N) is 1. The van der Waals surface area contributed by atoms with Gasteiger partial charge in [0.15, 0.2) is 0 Å². The first-order chi connectivity index (χ1) is 10.6. The maximum Gasteiger partial charge on any atom is 0.264 e. The number of carbonyl (C=O) groups excluding carboxylic acids is 1. The Kier molecular flexibility index (Phi) is 3.42. The summed E-state index contributed by atoms with van der Waals surface area (Å²) in [6.07, 6.45) is 1.57. The Bertz CT molecular complexity index is 934. The Morgan fingerprint density at radius 1 is 1.23 bits per heavy atom. The number of halogens is 1. The molecule has 0 aliphatic heterocycles. The predicted octanol–water partition coefficient (Wildman–Crippen LogP) is 2.32. The Hall–Kier alpha value is -3.02. The van der Waals surface area contributed by atoms with Crippen LogP contribution in [-0.4, -0.2) is 15.5 Å². The van der Waals surface area contributed by atoms with Crippen LogP contribution in [0.4, 0.5) is 10.1 Å². The van der Waals surface area contributed by atoms with Crippen LogP contribution in [0.15, 0.2) is 53.5 Å². The number of carbonyl (C=O) groups is 1. The van der Waals surface area contributed by atoms with E-state index in [1.165, 1.54) is 35.9 Å². The van der Waals surface area contributed by atoms with E-state index in [-0.39, 0.29) is 11.3 Å².